The van der Waals surface area contributed by atoms with E-state index in [9.17, 15) is 8.78 Å². The van der Waals surface area contributed by atoms with Crippen molar-refractivity contribution in [2.75, 3.05) is 14.2 Å². The number of hydrogen-bond donors (Lipinski definition) is 1. The quantitative estimate of drug-likeness (QED) is 0.887. The Balaban J connectivity index is 3.46. The first-order chi connectivity index (χ1) is 7.81. The molecule has 1 aromatic carbocycles. The molecule has 0 aliphatic rings. The summed E-state index contributed by atoms with van der Waals surface area (Å²) in [7, 11) is 2.85. The molecule has 1 atom stereocenters. The van der Waals surface area contributed by atoms with Crippen molar-refractivity contribution in [3.8, 4) is 11.5 Å². The van der Waals surface area contributed by atoms with E-state index in [-0.39, 0.29) is 11.3 Å². The minimum Gasteiger partial charge on any atom is -0.493 e. The molecule has 2 N–H and O–H groups in total. The van der Waals surface area contributed by atoms with Crippen LogP contribution in [0.4, 0.5) is 8.78 Å². The lowest BCUT2D eigenvalue weighted by Crippen LogP contribution is -2.16. The van der Waals surface area contributed by atoms with Gasteiger partial charge in [0.25, 0.3) is 5.92 Å². The van der Waals surface area contributed by atoms with E-state index in [2.05, 4.69) is 0 Å². The summed E-state index contributed by atoms with van der Waals surface area (Å²) in [6.07, 6.45) is 0. The fraction of sp³-hybridized carbons (Fsp3) is 0.500. The lowest BCUT2D eigenvalue weighted by Gasteiger charge is -2.20. The summed E-state index contributed by atoms with van der Waals surface area (Å²) in [6, 6.07) is 2.27. The first kappa shape index (κ1) is 13.7. The van der Waals surface area contributed by atoms with Gasteiger partial charge in [0.2, 0.25) is 0 Å². The standard InChI is InChI=1S/C12H17F2NO2/c1-7(15)8-5-10(16-3)11(17-4)6-9(8)12(2,13)14/h5-7H,15H2,1-4H3. The molecule has 17 heavy (non-hydrogen) atoms. The van der Waals surface area contributed by atoms with E-state index in [4.69, 9.17) is 15.2 Å². The maximum absolute atomic E-state index is 13.5. The van der Waals surface area contributed by atoms with Gasteiger partial charge in [-0.2, -0.15) is 0 Å². The van der Waals surface area contributed by atoms with Crippen LogP contribution in [-0.2, 0) is 5.92 Å². The predicted octanol–water partition coefficient (Wildman–Crippen LogP) is 2.84. The van der Waals surface area contributed by atoms with Crippen LogP contribution in [0.15, 0.2) is 12.1 Å². The zero-order valence-electron chi connectivity index (χ0n) is 10.4. The second-order valence-electron chi connectivity index (χ2n) is 3.97. The molecule has 0 saturated carbocycles. The Morgan fingerprint density at radius 1 is 1.18 bits per heavy atom. The average molecular weight is 245 g/mol. The van der Waals surface area contributed by atoms with Crippen LogP contribution in [0.5, 0.6) is 11.5 Å². The van der Waals surface area contributed by atoms with E-state index >= 15 is 0 Å². The summed E-state index contributed by atoms with van der Waals surface area (Å²) in [5, 5.41) is 0. The van der Waals surface area contributed by atoms with Crippen LogP contribution in [-0.4, -0.2) is 14.2 Å². The van der Waals surface area contributed by atoms with E-state index in [0.717, 1.165) is 6.92 Å². The highest BCUT2D eigenvalue weighted by molar-refractivity contribution is 5.49. The van der Waals surface area contributed by atoms with E-state index in [1.54, 1.807) is 6.92 Å². The summed E-state index contributed by atoms with van der Waals surface area (Å²) in [6.45, 7) is 2.48. The number of hydrogen-bond acceptors (Lipinski definition) is 3. The molecular weight excluding hydrogens is 228 g/mol. The van der Waals surface area contributed by atoms with Crippen molar-refractivity contribution >= 4 is 0 Å². The van der Waals surface area contributed by atoms with Gasteiger partial charge in [0.05, 0.1) is 14.2 Å². The van der Waals surface area contributed by atoms with Crippen molar-refractivity contribution in [1.29, 1.82) is 0 Å². The maximum Gasteiger partial charge on any atom is 0.270 e. The molecule has 0 aromatic heterocycles. The van der Waals surface area contributed by atoms with E-state index < -0.39 is 12.0 Å². The third-order valence-electron chi connectivity index (χ3n) is 2.52. The highest BCUT2D eigenvalue weighted by atomic mass is 19.3. The van der Waals surface area contributed by atoms with Gasteiger partial charge in [0.15, 0.2) is 11.5 Å². The second-order valence-corrected chi connectivity index (χ2v) is 3.97. The smallest absolute Gasteiger partial charge is 0.270 e. The Hall–Kier alpha value is -1.36. The van der Waals surface area contributed by atoms with Gasteiger partial charge in [-0.05, 0) is 24.6 Å². The monoisotopic (exact) mass is 245 g/mol. The van der Waals surface area contributed by atoms with Crippen molar-refractivity contribution in [2.45, 2.75) is 25.8 Å². The summed E-state index contributed by atoms with van der Waals surface area (Å²) in [5.41, 5.74) is 5.92. The van der Waals surface area contributed by atoms with Crippen molar-refractivity contribution in [2.24, 2.45) is 5.73 Å². The Morgan fingerprint density at radius 2 is 1.65 bits per heavy atom. The number of nitrogens with two attached hydrogens (primary N) is 1. The predicted molar refractivity (Wildman–Crippen MR) is 61.7 cm³/mol. The molecule has 1 rings (SSSR count). The van der Waals surface area contributed by atoms with Crippen molar-refractivity contribution < 1.29 is 18.3 Å². The summed E-state index contributed by atoms with van der Waals surface area (Å²) >= 11 is 0. The lowest BCUT2D eigenvalue weighted by molar-refractivity contribution is 0.0160. The van der Waals surface area contributed by atoms with Gasteiger partial charge >= 0.3 is 0 Å². The van der Waals surface area contributed by atoms with Crippen molar-refractivity contribution in [3.63, 3.8) is 0 Å². The molecule has 0 saturated heterocycles. The van der Waals surface area contributed by atoms with Gasteiger partial charge < -0.3 is 15.2 Å². The summed E-state index contributed by atoms with van der Waals surface area (Å²) < 4.78 is 37.0. The topological polar surface area (TPSA) is 44.5 Å². The van der Waals surface area contributed by atoms with Crippen LogP contribution >= 0.6 is 0 Å². The largest absolute Gasteiger partial charge is 0.493 e. The summed E-state index contributed by atoms with van der Waals surface area (Å²) in [4.78, 5) is 0. The van der Waals surface area contributed by atoms with Gasteiger partial charge in [-0.15, -0.1) is 0 Å². The second kappa shape index (κ2) is 4.87. The van der Waals surface area contributed by atoms with E-state index in [0.29, 0.717) is 11.3 Å². The molecule has 0 heterocycles. The normalized spacial score (nSPS) is 13.4. The Kier molecular flexibility index (Phi) is 3.93. The molecule has 96 valence electrons. The van der Waals surface area contributed by atoms with Gasteiger partial charge in [-0.3, -0.25) is 0 Å². The first-order valence-corrected chi connectivity index (χ1v) is 5.21. The Bertz CT molecular complexity index is 400. The van der Waals surface area contributed by atoms with Crippen LogP contribution in [0, 0.1) is 0 Å². The van der Waals surface area contributed by atoms with Gasteiger partial charge in [-0.1, -0.05) is 0 Å². The fourth-order valence-electron chi connectivity index (χ4n) is 1.65. The molecule has 1 unspecified atom stereocenters. The molecule has 5 heteroatoms. The average Bonchev–Trinajstić information content (AvgIpc) is 2.25. The van der Waals surface area contributed by atoms with Crippen LogP contribution < -0.4 is 15.2 Å². The van der Waals surface area contributed by atoms with Gasteiger partial charge in [-0.25, -0.2) is 8.78 Å². The van der Waals surface area contributed by atoms with Crippen LogP contribution in [0.3, 0.4) is 0 Å². The number of methoxy groups -OCH3 is 2. The molecule has 0 amide bonds. The molecule has 3 nitrogen and oxygen atoms in total. The van der Waals surface area contributed by atoms with Crippen molar-refractivity contribution in [3.05, 3.63) is 23.3 Å². The van der Waals surface area contributed by atoms with Gasteiger partial charge in [0.1, 0.15) is 0 Å². The van der Waals surface area contributed by atoms with Crippen LogP contribution in [0.1, 0.15) is 31.0 Å². The van der Waals surface area contributed by atoms with Crippen LogP contribution in [0.2, 0.25) is 0 Å². The lowest BCUT2D eigenvalue weighted by atomic mass is 9.97. The minimum absolute atomic E-state index is 0.134. The van der Waals surface area contributed by atoms with Crippen LogP contribution in [0.25, 0.3) is 0 Å². The molecule has 0 fully saturated rings. The van der Waals surface area contributed by atoms with E-state index in [1.807, 2.05) is 0 Å². The number of ether oxygens (including phenoxy) is 2. The third kappa shape index (κ3) is 2.85. The fourth-order valence-corrected chi connectivity index (χ4v) is 1.65. The zero-order chi connectivity index (χ0) is 13.2. The molecule has 0 aliphatic heterocycles. The molecular formula is C12H17F2NO2. The number of benzene rings is 1. The van der Waals surface area contributed by atoms with E-state index in [1.165, 1.54) is 26.4 Å². The maximum atomic E-state index is 13.5. The molecule has 1 aromatic rings. The summed E-state index contributed by atoms with van der Waals surface area (Å²) in [5.74, 6) is -2.30. The molecule has 0 bridgehead atoms. The van der Waals surface area contributed by atoms with Crippen molar-refractivity contribution in [1.82, 2.24) is 0 Å². The number of rotatable bonds is 4. The molecule has 0 aliphatic carbocycles. The Morgan fingerprint density at radius 3 is 2.00 bits per heavy atom. The van der Waals surface area contributed by atoms with Gasteiger partial charge in [0, 0.05) is 18.5 Å². The number of halogens is 2. The molecule has 0 radical (unpaired) electrons. The highest BCUT2D eigenvalue weighted by Gasteiger charge is 2.30. The zero-order valence-corrected chi connectivity index (χ0v) is 10.4. The molecule has 0 spiro atoms. The first-order valence-electron chi connectivity index (χ1n) is 5.21. The SMILES string of the molecule is COc1cc(C(C)N)c(C(C)(F)F)cc1OC. The third-order valence-corrected chi connectivity index (χ3v) is 2.52. The Labute approximate surface area is 99.5 Å². The minimum atomic E-state index is -2.97. The number of alkyl halides is 2. The highest BCUT2D eigenvalue weighted by Crippen LogP contribution is 2.39.